The van der Waals surface area contributed by atoms with Crippen molar-refractivity contribution in [3.63, 3.8) is 0 Å². The topological polar surface area (TPSA) is 59.3 Å². The summed E-state index contributed by atoms with van der Waals surface area (Å²) in [4.78, 5) is 13.7. The van der Waals surface area contributed by atoms with E-state index in [2.05, 4.69) is 15.5 Å². The lowest BCUT2D eigenvalue weighted by atomic mass is 10.1. The summed E-state index contributed by atoms with van der Waals surface area (Å²) in [7, 11) is 0. The fraction of sp³-hybridized carbons (Fsp3) is 0.0952. The molecule has 1 amide bonds. The molecule has 140 valence electrons. The fourth-order valence-electron chi connectivity index (χ4n) is 2.77. The molecule has 4 rings (SSSR count). The third kappa shape index (κ3) is 4.35. The molecule has 0 aliphatic heterocycles. The summed E-state index contributed by atoms with van der Waals surface area (Å²) in [5.74, 6) is 1.34. The van der Waals surface area contributed by atoms with Gasteiger partial charge in [0.15, 0.2) is 11.5 Å². The van der Waals surface area contributed by atoms with E-state index in [0.717, 1.165) is 26.9 Å². The summed E-state index contributed by atoms with van der Waals surface area (Å²) < 4.78 is 1.86. The second kappa shape index (κ2) is 8.46. The Morgan fingerprint density at radius 2 is 1.89 bits per heavy atom. The molecule has 0 aliphatic carbocycles. The Balaban J connectivity index is 1.39. The van der Waals surface area contributed by atoms with Gasteiger partial charge in [-0.2, -0.15) is 0 Å². The predicted molar refractivity (Wildman–Crippen MR) is 112 cm³/mol. The summed E-state index contributed by atoms with van der Waals surface area (Å²) >= 11 is 7.62. The monoisotopic (exact) mass is 408 g/mol. The van der Waals surface area contributed by atoms with Crippen molar-refractivity contribution in [2.75, 3.05) is 0 Å². The number of amides is 1. The molecule has 4 aromatic rings. The zero-order chi connectivity index (χ0) is 19.3. The van der Waals surface area contributed by atoms with Crippen LogP contribution in [0.5, 0.6) is 0 Å². The zero-order valence-corrected chi connectivity index (χ0v) is 16.5. The van der Waals surface area contributed by atoms with E-state index >= 15 is 0 Å². The molecule has 0 radical (unpaired) electrons. The van der Waals surface area contributed by atoms with Gasteiger partial charge in [-0.15, -0.1) is 22.0 Å². The molecule has 7 heteroatoms. The van der Waals surface area contributed by atoms with E-state index in [9.17, 15) is 4.79 Å². The Bertz CT molecular complexity index is 1110. The number of halogens is 1. The average molecular weight is 409 g/mol. The van der Waals surface area contributed by atoms with Gasteiger partial charge in [0, 0.05) is 27.4 Å². The Labute approximate surface area is 171 Å². The van der Waals surface area contributed by atoms with E-state index in [-0.39, 0.29) is 5.91 Å². The van der Waals surface area contributed by atoms with Crippen molar-refractivity contribution in [2.45, 2.75) is 17.2 Å². The largest absolute Gasteiger partial charge is 0.345 e. The number of pyridine rings is 1. The van der Waals surface area contributed by atoms with Gasteiger partial charge in [-0.3, -0.25) is 9.20 Å². The van der Waals surface area contributed by atoms with Gasteiger partial charge in [-0.25, -0.2) is 0 Å². The summed E-state index contributed by atoms with van der Waals surface area (Å²) in [6.45, 7) is 0.313. The number of aromatic nitrogens is 3. The number of carbonyl (C=O) groups is 1. The lowest BCUT2D eigenvalue weighted by molar-refractivity contribution is 0.0949. The van der Waals surface area contributed by atoms with Crippen molar-refractivity contribution < 1.29 is 4.79 Å². The van der Waals surface area contributed by atoms with Crippen molar-refractivity contribution in [2.24, 2.45) is 0 Å². The van der Waals surface area contributed by atoms with Crippen LogP contribution >= 0.6 is 23.4 Å². The number of thioether (sulfide) groups is 1. The Kier molecular flexibility index (Phi) is 5.60. The van der Waals surface area contributed by atoms with E-state index in [1.54, 1.807) is 11.8 Å². The van der Waals surface area contributed by atoms with E-state index in [4.69, 9.17) is 11.6 Å². The zero-order valence-electron chi connectivity index (χ0n) is 14.9. The second-order valence-electron chi connectivity index (χ2n) is 6.17. The van der Waals surface area contributed by atoms with Gasteiger partial charge in [0.2, 0.25) is 0 Å². The Morgan fingerprint density at radius 1 is 1.04 bits per heavy atom. The maximum absolute atomic E-state index is 12.5. The van der Waals surface area contributed by atoms with Crippen molar-refractivity contribution in [3.05, 3.63) is 94.9 Å². The minimum Gasteiger partial charge on any atom is -0.345 e. The maximum atomic E-state index is 12.5. The normalized spacial score (nSPS) is 10.9. The van der Waals surface area contributed by atoms with Crippen LogP contribution in [0.4, 0.5) is 0 Å². The molecule has 28 heavy (non-hydrogen) atoms. The number of hydrogen-bond acceptors (Lipinski definition) is 4. The predicted octanol–water partition coefficient (Wildman–Crippen LogP) is 4.61. The van der Waals surface area contributed by atoms with Gasteiger partial charge in [0.05, 0.1) is 6.54 Å². The lowest BCUT2D eigenvalue weighted by Gasteiger charge is -2.07. The van der Waals surface area contributed by atoms with Gasteiger partial charge in [-0.05, 0) is 54.1 Å². The molecule has 0 saturated carbocycles. The summed E-state index contributed by atoms with van der Waals surface area (Å²) in [6.07, 6.45) is 1.88. The molecule has 1 N–H and O–H groups in total. The van der Waals surface area contributed by atoms with Crippen LogP contribution < -0.4 is 5.32 Å². The molecular formula is C21H17ClN4OS. The summed E-state index contributed by atoms with van der Waals surface area (Å²) in [5, 5.41) is 11.9. The number of nitrogens with zero attached hydrogens (tertiary/aromatic N) is 3. The first kappa shape index (κ1) is 18.5. The van der Waals surface area contributed by atoms with Crippen LogP contribution in [-0.4, -0.2) is 20.5 Å². The van der Waals surface area contributed by atoms with Crippen LogP contribution in [0.15, 0.2) is 77.8 Å². The number of nitrogens with one attached hydrogen (secondary N) is 1. The average Bonchev–Trinajstić information content (AvgIpc) is 3.15. The smallest absolute Gasteiger partial charge is 0.251 e. The highest BCUT2D eigenvalue weighted by atomic mass is 35.5. The minimum atomic E-state index is -0.133. The SMILES string of the molecule is O=C(NCc1nnc2ccccn12)c1cccc(CSc2ccc(Cl)cc2)c1. The van der Waals surface area contributed by atoms with Crippen molar-refractivity contribution in [3.8, 4) is 0 Å². The van der Waals surface area contributed by atoms with Crippen LogP contribution in [0.25, 0.3) is 5.65 Å². The highest BCUT2D eigenvalue weighted by Crippen LogP contribution is 2.24. The van der Waals surface area contributed by atoms with E-state index < -0.39 is 0 Å². The number of carbonyl (C=O) groups excluding carboxylic acids is 1. The molecule has 0 atom stereocenters. The summed E-state index contributed by atoms with van der Waals surface area (Å²) in [5.41, 5.74) is 2.47. The standard InChI is InChI=1S/C21H17ClN4OS/c22-17-7-9-18(10-8-17)28-14-15-4-3-5-16(12-15)21(27)23-13-20-25-24-19-6-1-2-11-26(19)20/h1-12H,13-14H2,(H,23,27). The van der Waals surface area contributed by atoms with Gasteiger partial charge in [0.1, 0.15) is 0 Å². The van der Waals surface area contributed by atoms with Crippen LogP contribution in [-0.2, 0) is 12.3 Å². The molecule has 0 spiro atoms. The van der Waals surface area contributed by atoms with E-state index in [0.29, 0.717) is 17.9 Å². The van der Waals surface area contributed by atoms with Crippen LogP contribution in [0.3, 0.4) is 0 Å². The van der Waals surface area contributed by atoms with Gasteiger partial charge >= 0.3 is 0 Å². The first-order valence-corrected chi connectivity index (χ1v) is 10.1. The highest BCUT2D eigenvalue weighted by molar-refractivity contribution is 7.98. The van der Waals surface area contributed by atoms with Gasteiger partial charge in [0.25, 0.3) is 5.91 Å². The number of rotatable bonds is 6. The van der Waals surface area contributed by atoms with Crippen LogP contribution in [0.2, 0.25) is 5.02 Å². The molecule has 0 saturated heterocycles. The number of fused-ring (bicyclic) bond motifs is 1. The van der Waals surface area contributed by atoms with E-state index in [1.165, 1.54) is 0 Å². The number of hydrogen-bond donors (Lipinski definition) is 1. The molecule has 0 aliphatic rings. The van der Waals surface area contributed by atoms with Crippen LogP contribution in [0.1, 0.15) is 21.7 Å². The molecule has 0 unspecified atom stereocenters. The van der Waals surface area contributed by atoms with Crippen molar-refractivity contribution in [1.29, 1.82) is 0 Å². The van der Waals surface area contributed by atoms with Gasteiger partial charge in [-0.1, -0.05) is 29.8 Å². The van der Waals surface area contributed by atoms with Crippen molar-refractivity contribution in [1.82, 2.24) is 19.9 Å². The Hall–Kier alpha value is -2.83. The maximum Gasteiger partial charge on any atom is 0.251 e. The molecular weight excluding hydrogens is 392 g/mol. The first-order chi connectivity index (χ1) is 13.7. The van der Waals surface area contributed by atoms with Gasteiger partial charge < -0.3 is 5.32 Å². The second-order valence-corrected chi connectivity index (χ2v) is 7.66. The molecule has 2 aromatic carbocycles. The third-order valence-electron chi connectivity index (χ3n) is 4.20. The third-order valence-corrected chi connectivity index (χ3v) is 5.53. The van der Waals surface area contributed by atoms with E-state index in [1.807, 2.05) is 77.3 Å². The Morgan fingerprint density at radius 3 is 2.75 bits per heavy atom. The highest BCUT2D eigenvalue weighted by Gasteiger charge is 2.09. The van der Waals surface area contributed by atoms with Crippen LogP contribution in [0, 0.1) is 0 Å². The molecule has 5 nitrogen and oxygen atoms in total. The van der Waals surface area contributed by atoms with Crippen molar-refractivity contribution >= 4 is 34.9 Å². The summed E-state index contributed by atoms with van der Waals surface area (Å²) in [6, 6.07) is 21.1. The fourth-order valence-corrected chi connectivity index (χ4v) is 3.74. The quantitative estimate of drug-likeness (QED) is 0.473. The molecule has 0 bridgehead atoms. The minimum absolute atomic E-state index is 0.133. The molecule has 0 fully saturated rings. The lowest BCUT2D eigenvalue weighted by Crippen LogP contribution is -2.24. The number of benzene rings is 2. The first-order valence-electron chi connectivity index (χ1n) is 8.73. The molecule has 2 heterocycles. The molecule has 2 aromatic heterocycles.